The van der Waals surface area contributed by atoms with Crippen LogP contribution in [0.5, 0.6) is 0 Å². The number of aryl methyl sites for hydroxylation is 2. The Morgan fingerprint density at radius 3 is 2.84 bits per heavy atom. The summed E-state index contributed by atoms with van der Waals surface area (Å²) >= 11 is 3.62. The Labute approximate surface area is 122 Å². The van der Waals surface area contributed by atoms with E-state index in [9.17, 15) is 5.11 Å². The van der Waals surface area contributed by atoms with Gasteiger partial charge in [-0.05, 0) is 49.0 Å². The van der Waals surface area contributed by atoms with Crippen LogP contribution in [0.1, 0.15) is 37.6 Å². The molecular weight excluding hydrogens is 306 g/mol. The van der Waals surface area contributed by atoms with Crippen LogP contribution in [0.15, 0.2) is 4.47 Å². The first-order valence-corrected chi connectivity index (χ1v) is 8.00. The maximum Gasteiger partial charge on any atom is 0.0841 e. The molecule has 0 amide bonds. The summed E-state index contributed by atoms with van der Waals surface area (Å²) in [4.78, 5) is 2.45. The van der Waals surface area contributed by atoms with E-state index in [4.69, 9.17) is 0 Å². The Morgan fingerprint density at radius 2 is 2.21 bits per heavy atom. The molecule has 1 saturated heterocycles. The van der Waals surface area contributed by atoms with Crippen molar-refractivity contribution in [2.24, 2.45) is 0 Å². The van der Waals surface area contributed by atoms with Crippen LogP contribution in [-0.4, -0.2) is 44.5 Å². The molecule has 1 N–H and O–H groups in total. The van der Waals surface area contributed by atoms with E-state index in [1.807, 2.05) is 11.6 Å². The van der Waals surface area contributed by atoms with Crippen molar-refractivity contribution in [2.45, 2.75) is 57.7 Å². The topological polar surface area (TPSA) is 41.3 Å². The van der Waals surface area contributed by atoms with Gasteiger partial charge in [0.2, 0.25) is 0 Å². The van der Waals surface area contributed by atoms with Crippen molar-refractivity contribution in [1.29, 1.82) is 0 Å². The minimum atomic E-state index is -0.579. The Bertz CT molecular complexity index is 483. The summed E-state index contributed by atoms with van der Waals surface area (Å²) in [7, 11) is 0. The standard InChI is InChI=1S/C14H22BrN3O/c1-3-18-12(13(15)10(2)16-18)8-14(19)6-7-17(9-14)11-4-5-11/h11,19H,3-9H2,1-2H3. The van der Waals surface area contributed by atoms with Gasteiger partial charge < -0.3 is 5.11 Å². The number of β-amino-alcohol motifs (C(OH)–C–C–N with tert-alkyl or cyclic N) is 1. The van der Waals surface area contributed by atoms with Gasteiger partial charge in [0.25, 0.3) is 0 Å². The monoisotopic (exact) mass is 327 g/mol. The molecular formula is C14H22BrN3O. The number of likely N-dealkylation sites (tertiary alicyclic amines) is 1. The molecule has 106 valence electrons. The number of halogens is 1. The van der Waals surface area contributed by atoms with Crippen molar-refractivity contribution in [2.75, 3.05) is 13.1 Å². The zero-order chi connectivity index (χ0) is 13.6. The minimum absolute atomic E-state index is 0.579. The maximum atomic E-state index is 10.8. The quantitative estimate of drug-likeness (QED) is 0.920. The summed E-state index contributed by atoms with van der Waals surface area (Å²) in [6, 6.07) is 0.746. The van der Waals surface area contributed by atoms with E-state index in [1.54, 1.807) is 0 Å². The largest absolute Gasteiger partial charge is 0.388 e. The number of hydrogen-bond donors (Lipinski definition) is 1. The summed E-state index contributed by atoms with van der Waals surface area (Å²) in [6.07, 6.45) is 4.20. The Balaban J connectivity index is 1.77. The molecule has 0 bridgehead atoms. The van der Waals surface area contributed by atoms with Gasteiger partial charge in [-0.1, -0.05) is 0 Å². The highest BCUT2D eigenvalue weighted by atomic mass is 79.9. The molecule has 1 aliphatic carbocycles. The first-order valence-electron chi connectivity index (χ1n) is 7.20. The van der Waals surface area contributed by atoms with E-state index >= 15 is 0 Å². The first kappa shape index (κ1) is 13.6. The summed E-state index contributed by atoms with van der Waals surface area (Å²) in [5, 5.41) is 15.4. The lowest BCUT2D eigenvalue weighted by atomic mass is 9.96. The van der Waals surface area contributed by atoms with Gasteiger partial charge in [-0.15, -0.1) is 0 Å². The van der Waals surface area contributed by atoms with E-state index < -0.39 is 5.60 Å². The van der Waals surface area contributed by atoms with Crippen molar-refractivity contribution in [1.82, 2.24) is 14.7 Å². The molecule has 1 atom stereocenters. The molecule has 19 heavy (non-hydrogen) atoms. The molecule has 2 heterocycles. The Kier molecular flexibility index (Phi) is 3.48. The van der Waals surface area contributed by atoms with Crippen molar-refractivity contribution in [3.8, 4) is 0 Å². The van der Waals surface area contributed by atoms with Gasteiger partial charge >= 0.3 is 0 Å². The second-order valence-corrected chi connectivity index (χ2v) is 6.81. The van der Waals surface area contributed by atoms with Crippen LogP contribution >= 0.6 is 15.9 Å². The predicted molar refractivity (Wildman–Crippen MR) is 78.2 cm³/mol. The highest BCUT2D eigenvalue weighted by Gasteiger charge is 2.42. The highest BCUT2D eigenvalue weighted by molar-refractivity contribution is 9.10. The molecule has 5 heteroatoms. The third-order valence-corrected chi connectivity index (χ3v) is 5.41. The molecule has 1 aromatic rings. The second-order valence-electron chi connectivity index (χ2n) is 6.01. The summed E-state index contributed by atoms with van der Waals surface area (Å²) in [6.45, 7) is 6.81. The minimum Gasteiger partial charge on any atom is -0.388 e. The van der Waals surface area contributed by atoms with Gasteiger partial charge in [0.05, 0.1) is 21.5 Å². The smallest absolute Gasteiger partial charge is 0.0841 e. The number of aromatic nitrogens is 2. The average molecular weight is 328 g/mol. The molecule has 3 rings (SSSR count). The fourth-order valence-electron chi connectivity index (χ4n) is 3.13. The van der Waals surface area contributed by atoms with E-state index in [1.165, 1.54) is 12.8 Å². The Morgan fingerprint density at radius 1 is 1.47 bits per heavy atom. The zero-order valence-corrected chi connectivity index (χ0v) is 13.3. The SMILES string of the molecule is CCn1nc(C)c(Br)c1CC1(O)CCN(C2CC2)C1. The van der Waals surface area contributed by atoms with Gasteiger partial charge in [-0.3, -0.25) is 9.58 Å². The third kappa shape index (κ3) is 2.60. The molecule has 1 aromatic heterocycles. The van der Waals surface area contributed by atoms with E-state index in [0.717, 1.165) is 48.0 Å². The molecule has 1 unspecified atom stereocenters. The van der Waals surface area contributed by atoms with Crippen molar-refractivity contribution in [3.63, 3.8) is 0 Å². The normalized spacial score (nSPS) is 28.2. The summed E-state index contributed by atoms with van der Waals surface area (Å²) < 4.78 is 3.07. The summed E-state index contributed by atoms with van der Waals surface area (Å²) in [5.41, 5.74) is 1.57. The number of rotatable bonds is 4. The van der Waals surface area contributed by atoms with Crippen LogP contribution in [-0.2, 0) is 13.0 Å². The fourth-order valence-corrected chi connectivity index (χ4v) is 3.56. The van der Waals surface area contributed by atoms with Crippen LogP contribution in [0.2, 0.25) is 0 Å². The predicted octanol–water partition coefficient (Wildman–Crippen LogP) is 2.12. The second kappa shape index (κ2) is 4.86. The lowest BCUT2D eigenvalue weighted by molar-refractivity contribution is 0.0465. The van der Waals surface area contributed by atoms with Gasteiger partial charge in [-0.25, -0.2) is 0 Å². The zero-order valence-electron chi connectivity index (χ0n) is 11.7. The third-order valence-electron chi connectivity index (χ3n) is 4.37. The van der Waals surface area contributed by atoms with Gasteiger partial charge in [0, 0.05) is 32.1 Å². The lowest BCUT2D eigenvalue weighted by Crippen LogP contribution is -2.37. The number of aliphatic hydroxyl groups is 1. The van der Waals surface area contributed by atoms with E-state index in [0.29, 0.717) is 6.42 Å². The first-order chi connectivity index (χ1) is 9.02. The molecule has 2 aliphatic rings. The van der Waals surface area contributed by atoms with Crippen LogP contribution < -0.4 is 0 Å². The molecule has 0 spiro atoms. The summed E-state index contributed by atoms with van der Waals surface area (Å²) in [5.74, 6) is 0. The van der Waals surface area contributed by atoms with Crippen molar-refractivity contribution < 1.29 is 5.11 Å². The van der Waals surface area contributed by atoms with Crippen LogP contribution in [0.3, 0.4) is 0 Å². The number of nitrogens with zero attached hydrogens (tertiary/aromatic N) is 3. The number of hydrogen-bond acceptors (Lipinski definition) is 3. The van der Waals surface area contributed by atoms with Crippen LogP contribution in [0, 0.1) is 6.92 Å². The molecule has 4 nitrogen and oxygen atoms in total. The fraction of sp³-hybridized carbons (Fsp3) is 0.786. The molecule has 0 radical (unpaired) electrons. The Hall–Kier alpha value is -0.390. The highest BCUT2D eigenvalue weighted by Crippen LogP contribution is 2.36. The van der Waals surface area contributed by atoms with Crippen LogP contribution in [0.4, 0.5) is 0 Å². The lowest BCUT2D eigenvalue weighted by Gasteiger charge is -2.24. The molecule has 2 fully saturated rings. The van der Waals surface area contributed by atoms with E-state index in [-0.39, 0.29) is 0 Å². The maximum absolute atomic E-state index is 10.8. The van der Waals surface area contributed by atoms with Gasteiger partial charge in [0.1, 0.15) is 0 Å². The molecule has 1 saturated carbocycles. The van der Waals surface area contributed by atoms with Gasteiger partial charge in [0.15, 0.2) is 0 Å². The van der Waals surface area contributed by atoms with Crippen molar-refractivity contribution >= 4 is 15.9 Å². The van der Waals surface area contributed by atoms with Crippen molar-refractivity contribution in [3.05, 3.63) is 15.9 Å². The van der Waals surface area contributed by atoms with Crippen LogP contribution in [0.25, 0.3) is 0 Å². The molecule has 0 aromatic carbocycles. The average Bonchev–Trinajstić information content (AvgIpc) is 3.11. The van der Waals surface area contributed by atoms with Gasteiger partial charge in [-0.2, -0.15) is 5.10 Å². The molecule has 1 aliphatic heterocycles. The van der Waals surface area contributed by atoms with E-state index in [2.05, 4.69) is 32.9 Å².